The lowest BCUT2D eigenvalue weighted by molar-refractivity contribution is -0.136. The van der Waals surface area contributed by atoms with Gasteiger partial charge in [-0.05, 0) is 47.5 Å². The first-order valence-electron chi connectivity index (χ1n) is 7.77. The van der Waals surface area contributed by atoms with Gasteiger partial charge in [0.2, 0.25) is 0 Å². The van der Waals surface area contributed by atoms with Crippen LogP contribution in [0, 0.1) is 0 Å². The van der Waals surface area contributed by atoms with E-state index in [2.05, 4.69) is 6.92 Å². The van der Waals surface area contributed by atoms with Crippen LogP contribution in [-0.4, -0.2) is 31.4 Å². The van der Waals surface area contributed by atoms with E-state index in [9.17, 15) is 4.79 Å². The fraction of sp³-hybridized carbons (Fsp3) is 0.812. The third-order valence-electron chi connectivity index (χ3n) is 4.53. The van der Waals surface area contributed by atoms with E-state index in [1.165, 1.54) is 7.11 Å². The summed E-state index contributed by atoms with van der Waals surface area (Å²) in [5.74, 6) is -0.279. The number of carbonyl (C=O) groups excluding carboxylic acids is 1. The minimum atomic E-state index is -0.402. The maximum absolute atomic E-state index is 12.0. The molecule has 0 aliphatic carbocycles. The molecule has 1 rings (SSSR count). The number of hydrogen-bond donors (Lipinski definition) is 0. The molecular weight excluding hydrogens is 267 g/mol. The molecule has 0 aromatic carbocycles. The number of ether oxygens (including phenoxy) is 1. The Morgan fingerprint density at radius 1 is 1.14 bits per heavy atom. The number of methoxy groups -OCH3 is 1. The summed E-state index contributed by atoms with van der Waals surface area (Å²) < 4.78 is 16.9. The molecule has 0 bridgehead atoms. The third-order valence-corrected chi connectivity index (χ3v) is 4.53. The third kappa shape index (κ3) is 4.33. The maximum atomic E-state index is 12.0. The van der Waals surface area contributed by atoms with E-state index in [-0.39, 0.29) is 17.2 Å². The van der Waals surface area contributed by atoms with Crippen LogP contribution in [-0.2, 0) is 18.8 Å². The number of allylic oxidation sites excluding steroid dienone is 1. The first-order valence-corrected chi connectivity index (χ1v) is 7.77. The second-order valence-corrected chi connectivity index (χ2v) is 6.74. The summed E-state index contributed by atoms with van der Waals surface area (Å²) in [7, 11) is 1.01. The highest BCUT2D eigenvalue weighted by atomic mass is 16.7. The molecule has 4 nitrogen and oxygen atoms in total. The largest absolute Gasteiger partial charge is 0.466 e. The van der Waals surface area contributed by atoms with E-state index < -0.39 is 7.12 Å². The van der Waals surface area contributed by atoms with Gasteiger partial charge in [-0.15, -0.1) is 0 Å². The van der Waals surface area contributed by atoms with E-state index in [1.807, 2.05) is 34.6 Å². The smallest absolute Gasteiger partial charge is 0.462 e. The molecule has 1 heterocycles. The van der Waals surface area contributed by atoms with Gasteiger partial charge in [0.25, 0.3) is 0 Å². The zero-order valence-electron chi connectivity index (χ0n) is 14.5. The number of rotatable bonds is 6. The van der Waals surface area contributed by atoms with Crippen molar-refractivity contribution in [2.75, 3.05) is 7.11 Å². The molecule has 5 heteroatoms. The lowest BCUT2D eigenvalue weighted by atomic mass is 9.78. The molecule has 1 aliphatic heterocycles. The van der Waals surface area contributed by atoms with Gasteiger partial charge in [-0.1, -0.05) is 18.9 Å². The van der Waals surface area contributed by atoms with Crippen LogP contribution >= 0.6 is 0 Å². The van der Waals surface area contributed by atoms with Gasteiger partial charge in [-0.25, -0.2) is 4.79 Å². The zero-order chi connectivity index (χ0) is 16.3. The van der Waals surface area contributed by atoms with Gasteiger partial charge in [0.15, 0.2) is 0 Å². The molecule has 0 atom stereocenters. The fourth-order valence-electron chi connectivity index (χ4n) is 2.36. The summed E-state index contributed by atoms with van der Waals surface area (Å²) in [4.78, 5) is 12.0. The van der Waals surface area contributed by atoms with Crippen molar-refractivity contribution in [3.63, 3.8) is 0 Å². The van der Waals surface area contributed by atoms with Crippen molar-refractivity contribution in [2.24, 2.45) is 0 Å². The molecule has 0 aromatic heterocycles. The first kappa shape index (κ1) is 18.2. The molecule has 1 fully saturated rings. The predicted octanol–water partition coefficient (Wildman–Crippen LogP) is 3.76. The molecule has 120 valence electrons. The average molecular weight is 296 g/mol. The summed E-state index contributed by atoms with van der Waals surface area (Å²) in [6, 6.07) is 0. The molecular formula is C16H29BO4. The molecule has 1 saturated heterocycles. The van der Waals surface area contributed by atoms with Crippen molar-refractivity contribution in [1.29, 1.82) is 0 Å². The Morgan fingerprint density at radius 2 is 1.67 bits per heavy atom. The summed E-state index contributed by atoms with van der Waals surface area (Å²) in [6.07, 6.45) is 3.51. The van der Waals surface area contributed by atoms with Crippen LogP contribution in [0.15, 0.2) is 11.1 Å². The average Bonchev–Trinajstić information content (AvgIpc) is 2.60. The van der Waals surface area contributed by atoms with Gasteiger partial charge in [-0.2, -0.15) is 0 Å². The van der Waals surface area contributed by atoms with Crippen LogP contribution in [0.25, 0.3) is 0 Å². The van der Waals surface area contributed by atoms with E-state index in [0.29, 0.717) is 11.9 Å². The van der Waals surface area contributed by atoms with Gasteiger partial charge >= 0.3 is 13.1 Å². The minimum Gasteiger partial charge on any atom is -0.466 e. The highest BCUT2D eigenvalue weighted by Crippen LogP contribution is 2.39. The molecule has 0 unspecified atom stereocenters. The van der Waals surface area contributed by atoms with Crippen molar-refractivity contribution in [3.8, 4) is 0 Å². The summed E-state index contributed by atoms with van der Waals surface area (Å²) in [5, 5.41) is 0. The van der Waals surface area contributed by atoms with Crippen molar-refractivity contribution >= 4 is 13.1 Å². The quantitative estimate of drug-likeness (QED) is 0.425. The molecule has 0 aromatic rings. The monoisotopic (exact) mass is 296 g/mol. The van der Waals surface area contributed by atoms with Crippen molar-refractivity contribution < 1.29 is 18.8 Å². The topological polar surface area (TPSA) is 44.8 Å². The van der Waals surface area contributed by atoms with Crippen LogP contribution in [0.3, 0.4) is 0 Å². The van der Waals surface area contributed by atoms with Crippen LogP contribution in [0.2, 0.25) is 6.32 Å². The Balaban J connectivity index is 2.87. The Morgan fingerprint density at radius 3 is 2.10 bits per heavy atom. The Hall–Kier alpha value is -0.805. The van der Waals surface area contributed by atoms with Gasteiger partial charge in [0.1, 0.15) is 0 Å². The first-order chi connectivity index (χ1) is 9.64. The molecule has 0 spiro atoms. The zero-order valence-corrected chi connectivity index (χ0v) is 14.5. The molecule has 21 heavy (non-hydrogen) atoms. The Kier molecular flexibility index (Phi) is 6.06. The number of unbranched alkanes of at least 4 members (excludes halogenated alkanes) is 1. The summed E-state index contributed by atoms with van der Waals surface area (Å²) >= 11 is 0. The minimum absolute atomic E-state index is 0.279. The number of hydrogen-bond acceptors (Lipinski definition) is 4. The number of esters is 1. The van der Waals surface area contributed by atoms with E-state index in [1.54, 1.807) is 0 Å². The SMILES string of the molecule is CCCC/C(C)=C(/CB1OC(C)(C)C(C)(C)O1)C(=O)OC. The van der Waals surface area contributed by atoms with E-state index in [0.717, 1.165) is 24.8 Å². The molecule has 0 radical (unpaired) electrons. The van der Waals surface area contributed by atoms with Gasteiger partial charge in [-0.3, -0.25) is 0 Å². The van der Waals surface area contributed by atoms with Gasteiger partial charge in [0, 0.05) is 11.9 Å². The van der Waals surface area contributed by atoms with E-state index >= 15 is 0 Å². The van der Waals surface area contributed by atoms with Crippen LogP contribution in [0.5, 0.6) is 0 Å². The van der Waals surface area contributed by atoms with E-state index in [4.69, 9.17) is 14.0 Å². The van der Waals surface area contributed by atoms with Crippen molar-refractivity contribution in [3.05, 3.63) is 11.1 Å². The number of carbonyl (C=O) groups is 1. The maximum Gasteiger partial charge on any atom is 0.462 e. The second-order valence-electron chi connectivity index (χ2n) is 6.74. The highest BCUT2D eigenvalue weighted by Gasteiger charge is 2.51. The molecule has 0 saturated carbocycles. The Bertz CT molecular complexity index is 397. The van der Waals surface area contributed by atoms with Crippen molar-refractivity contribution in [1.82, 2.24) is 0 Å². The Labute approximate surface area is 129 Å². The van der Waals surface area contributed by atoms with Crippen LogP contribution in [0.1, 0.15) is 60.8 Å². The summed E-state index contributed by atoms with van der Waals surface area (Å²) in [5.41, 5.74) is 0.995. The van der Waals surface area contributed by atoms with Crippen molar-refractivity contribution in [2.45, 2.75) is 78.3 Å². The lowest BCUT2D eigenvalue weighted by Crippen LogP contribution is -2.41. The van der Waals surface area contributed by atoms with Gasteiger partial charge < -0.3 is 14.0 Å². The second kappa shape index (κ2) is 6.97. The summed E-state index contributed by atoms with van der Waals surface area (Å²) in [6.45, 7) is 12.2. The molecule has 0 amide bonds. The normalized spacial score (nSPS) is 21.2. The molecule has 1 aliphatic rings. The van der Waals surface area contributed by atoms with Crippen LogP contribution < -0.4 is 0 Å². The standard InChI is InChI=1S/C16H29BO4/c1-8-9-10-12(2)13(14(18)19-7)11-17-20-15(3,4)16(5,6)21-17/h8-11H2,1-7H3/b13-12-. The predicted molar refractivity (Wildman–Crippen MR) is 85.1 cm³/mol. The lowest BCUT2D eigenvalue weighted by Gasteiger charge is -2.32. The fourth-order valence-corrected chi connectivity index (χ4v) is 2.36. The van der Waals surface area contributed by atoms with Gasteiger partial charge in [0.05, 0.1) is 18.3 Å². The highest BCUT2D eigenvalue weighted by molar-refractivity contribution is 6.47. The van der Waals surface area contributed by atoms with Crippen LogP contribution in [0.4, 0.5) is 0 Å². The molecule has 0 N–H and O–H groups in total.